The third-order valence-corrected chi connectivity index (χ3v) is 6.38. The van der Waals surface area contributed by atoms with Crippen LogP contribution in [0.25, 0.3) is 0 Å². The summed E-state index contributed by atoms with van der Waals surface area (Å²) in [6, 6.07) is 15.2. The van der Waals surface area contributed by atoms with Crippen molar-refractivity contribution in [3.63, 3.8) is 0 Å². The van der Waals surface area contributed by atoms with E-state index in [1.54, 1.807) is 12.1 Å². The zero-order valence-electron chi connectivity index (χ0n) is 17.9. The molecule has 0 unspecified atom stereocenters. The Balaban J connectivity index is 1.72. The van der Waals surface area contributed by atoms with Crippen LogP contribution in [0.5, 0.6) is 17.2 Å². The predicted molar refractivity (Wildman–Crippen MR) is 131 cm³/mol. The molecule has 0 bridgehead atoms. The number of carbonyl (C=O) groups is 1. The molecular formula is C23H17Cl3N2O5S. The standard InChI is InChI=1S/C23H17Cl3N2O5S/c1-28(22-4-3-20(11-21(22)26)34(2,30)31)23(29)13-32-17-7-16(25)9-19(10-17)33-18-6-14(12-27)5-15(24)8-18/h3-11H,13H2,1-2H3. The van der Waals surface area contributed by atoms with E-state index in [9.17, 15) is 13.2 Å². The number of nitrogens with zero attached hydrogens (tertiary/aromatic N) is 2. The van der Waals surface area contributed by atoms with Crippen LogP contribution in [0.3, 0.4) is 0 Å². The molecule has 3 aromatic rings. The van der Waals surface area contributed by atoms with Crippen LogP contribution in [0.15, 0.2) is 59.5 Å². The lowest BCUT2D eigenvalue weighted by atomic mass is 10.2. The van der Waals surface area contributed by atoms with Crippen molar-refractivity contribution in [2.24, 2.45) is 0 Å². The van der Waals surface area contributed by atoms with E-state index in [1.807, 2.05) is 6.07 Å². The van der Waals surface area contributed by atoms with Crippen molar-refractivity contribution >= 4 is 56.2 Å². The molecular weight excluding hydrogens is 523 g/mol. The number of nitriles is 1. The molecule has 0 heterocycles. The molecule has 0 radical (unpaired) electrons. The molecule has 0 aliphatic heterocycles. The van der Waals surface area contributed by atoms with Gasteiger partial charge in [-0.15, -0.1) is 0 Å². The zero-order chi connectivity index (χ0) is 25.0. The first kappa shape index (κ1) is 25.7. The van der Waals surface area contributed by atoms with Crippen LogP contribution in [0.2, 0.25) is 15.1 Å². The van der Waals surface area contributed by atoms with Crippen LogP contribution in [0.1, 0.15) is 5.56 Å². The number of sulfone groups is 1. The van der Waals surface area contributed by atoms with Crippen LogP contribution in [-0.2, 0) is 14.6 Å². The average Bonchev–Trinajstić information content (AvgIpc) is 2.75. The van der Waals surface area contributed by atoms with Gasteiger partial charge < -0.3 is 14.4 Å². The topological polar surface area (TPSA) is 96.7 Å². The molecule has 34 heavy (non-hydrogen) atoms. The predicted octanol–water partition coefficient (Wildman–Crippen LogP) is 5.76. The summed E-state index contributed by atoms with van der Waals surface area (Å²) < 4.78 is 34.7. The number of anilines is 1. The lowest BCUT2D eigenvalue weighted by Crippen LogP contribution is -2.31. The highest BCUT2D eigenvalue weighted by molar-refractivity contribution is 7.90. The lowest BCUT2D eigenvalue weighted by Gasteiger charge is -2.19. The number of likely N-dealkylation sites (N-methyl/N-ethyl adjacent to an activating group) is 1. The van der Waals surface area contributed by atoms with E-state index in [2.05, 4.69) is 0 Å². The van der Waals surface area contributed by atoms with Crippen molar-refractivity contribution in [3.8, 4) is 23.3 Å². The van der Waals surface area contributed by atoms with E-state index in [4.69, 9.17) is 49.5 Å². The van der Waals surface area contributed by atoms with Gasteiger partial charge in [-0.1, -0.05) is 34.8 Å². The highest BCUT2D eigenvalue weighted by Gasteiger charge is 2.17. The first-order valence-corrected chi connectivity index (χ1v) is 12.6. The van der Waals surface area contributed by atoms with Gasteiger partial charge in [-0.2, -0.15) is 5.26 Å². The molecule has 0 aliphatic rings. The van der Waals surface area contributed by atoms with Gasteiger partial charge in [0.2, 0.25) is 0 Å². The molecule has 7 nitrogen and oxygen atoms in total. The lowest BCUT2D eigenvalue weighted by molar-refractivity contribution is -0.120. The molecule has 0 saturated heterocycles. The zero-order valence-corrected chi connectivity index (χ0v) is 21.0. The molecule has 176 valence electrons. The van der Waals surface area contributed by atoms with Crippen LogP contribution in [0, 0.1) is 11.3 Å². The second kappa shape index (κ2) is 10.5. The highest BCUT2D eigenvalue weighted by Crippen LogP contribution is 2.32. The summed E-state index contributed by atoms with van der Waals surface area (Å²) >= 11 is 18.3. The molecule has 0 fully saturated rings. The number of benzene rings is 3. The minimum Gasteiger partial charge on any atom is -0.484 e. The van der Waals surface area contributed by atoms with Crippen molar-refractivity contribution < 1.29 is 22.7 Å². The monoisotopic (exact) mass is 538 g/mol. The summed E-state index contributed by atoms with van der Waals surface area (Å²) in [5.74, 6) is 0.476. The van der Waals surface area contributed by atoms with Gasteiger partial charge in [0.1, 0.15) is 17.2 Å². The molecule has 3 rings (SSSR count). The Morgan fingerprint density at radius 2 is 1.59 bits per heavy atom. The van der Waals surface area contributed by atoms with Gasteiger partial charge in [0.05, 0.1) is 27.2 Å². The fourth-order valence-corrected chi connectivity index (χ4v) is 4.33. The van der Waals surface area contributed by atoms with E-state index in [0.717, 1.165) is 6.26 Å². The van der Waals surface area contributed by atoms with E-state index >= 15 is 0 Å². The maximum absolute atomic E-state index is 12.6. The Labute approximate surface area is 211 Å². The maximum atomic E-state index is 12.6. The van der Waals surface area contributed by atoms with Gasteiger partial charge in [0.15, 0.2) is 16.4 Å². The van der Waals surface area contributed by atoms with E-state index in [0.29, 0.717) is 32.8 Å². The molecule has 1 amide bonds. The van der Waals surface area contributed by atoms with Crippen molar-refractivity contribution in [2.75, 3.05) is 24.8 Å². The van der Waals surface area contributed by atoms with E-state index in [1.165, 1.54) is 54.4 Å². The Bertz CT molecular complexity index is 1400. The largest absolute Gasteiger partial charge is 0.484 e. The normalized spacial score (nSPS) is 10.9. The molecule has 0 spiro atoms. The quantitative estimate of drug-likeness (QED) is 0.379. The summed E-state index contributed by atoms with van der Waals surface area (Å²) in [7, 11) is -1.94. The fraction of sp³-hybridized carbons (Fsp3) is 0.130. The Morgan fingerprint density at radius 3 is 2.21 bits per heavy atom. The number of carbonyl (C=O) groups excluding carboxylic acids is 1. The summed E-state index contributed by atoms with van der Waals surface area (Å²) in [6.07, 6.45) is 1.07. The third kappa shape index (κ3) is 6.55. The smallest absolute Gasteiger partial charge is 0.264 e. The van der Waals surface area contributed by atoms with Crippen LogP contribution in [0.4, 0.5) is 5.69 Å². The molecule has 0 N–H and O–H groups in total. The molecule has 0 aliphatic carbocycles. The number of hydrogen-bond donors (Lipinski definition) is 0. The number of amides is 1. The first-order valence-electron chi connectivity index (χ1n) is 9.54. The van der Waals surface area contributed by atoms with Gasteiger partial charge in [0, 0.05) is 29.4 Å². The molecule has 0 aromatic heterocycles. The number of halogens is 3. The van der Waals surface area contributed by atoms with E-state index in [-0.39, 0.29) is 22.3 Å². The summed E-state index contributed by atoms with van der Waals surface area (Å²) in [4.78, 5) is 13.9. The van der Waals surface area contributed by atoms with Gasteiger partial charge in [0.25, 0.3) is 5.91 Å². The van der Waals surface area contributed by atoms with Gasteiger partial charge in [-0.25, -0.2) is 8.42 Å². The van der Waals surface area contributed by atoms with Crippen molar-refractivity contribution in [2.45, 2.75) is 4.90 Å². The number of rotatable bonds is 7. The van der Waals surface area contributed by atoms with Crippen molar-refractivity contribution in [1.82, 2.24) is 0 Å². The third-order valence-electron chi connectivity index (χ3n) is 4.53. The van der Waals surface area contributed by atoms with Gasteiger partial charge in [-0.3, -0.25) is 4.79 Å². The van der Waals surface area contributed by atoms with Crippen LogP contribution in [-0.4, -0.2) is 34.2 Å². The summed E-state index contributed by atoms with van der Waals surface area (Å²) in [6.45, 7) is -0.351. The second-order valence-electron chi connectivity index (χ2n) is 7.14. The second-order valence-corrected chi connectivity index (χ2v) is 10.4. The van der Waals surface area contributed by atoms with Crippen molar-refractivity contribution in [3.05, 3.63) is 75.2 Å². The molecule has 3 aromatic carbocycles. The number of hydrogen-bond acceptors (Lipinski definition) is 6. The van der Waals surface area contributed by atoms with E-state index < -0.39 is 15.7 Å². The van der Waals surface area contributed by atoms with Gasteiger partial charge in [-0.05, 0) is 48.5 Å². The van der Waals surface area contributed by atoms with Crippen LogP contribution < -0.4 is 14.4 Å². The Morgan fingerprint density at radius 1 is 0.971 bits per heavy atom. The SMILES string of the molecule is CN(C(=O)COc1cc(Cl)cc(Oc2cc(Cl)cc(C#N)c2)c1)c1ccc(S(C)(=O)=O)cc1Cl. The Kier molecular flexibility index (Phi) is 7.95. The first-order chi connectivity index (χ1) is 16.0. The molecule has 11 heteroatoms. The summed E-state index contributed by atoms with van der Waals surface area (Å²) in [5, 5.41) is 9.83. The fourth-order valence-electron chi connectivity index (χ4n) is 2.87. The van der Waals surface area contributed by atoms with Crippen molar-refractivity contribution in [1.29, 1.82) is 5.26 Å². The maximum Gasteiger partial charge on any atom is 0.264 e. The summed E-state index contributed by atoms with van der Waals surface area (Å²) in [5.41, 5.74) is 0.657. The highest BCUT2D eigenvalue weighted by atomic mass is 35.5. The minimum atomic E-state index is -3.43. The molecule has 0 atom stereocenters. The number of ether oxygens (including phenoxy) is 2. The van der Waals surface area contributed by atoms with Gasteiger partial charge >= 0.3 is 0 Å². The molecule has 0 saturated carbocycles. The minimum absolute atomic E-state index is 0.0476. The Hall–Kier alpha value is -2.96. The van der Waals surface area contributed by atoms with Crippen LogP contribution >= 0.6 is 34.8 Å². The average molecular weight is 540 g/mol.